The Labute approximate surface area is 124 Å². The van der Waals surface area contributed by atoms with Crippen molar-refractivity contribution in [2.75, 3.05) is 19.8 Å². The van der Waals surface area contributed by atoms with E-state index < -0.39 is 0 Å². The molecule has 3 N–H and O–H groups in total. The van der Waals surface area contributed by atoms with Crippen molar-refractivity contribution in [2.45, 2.75) is 77.0 Å². The Morgan fingerprint density at radius 3 is 1.80 bits per heavy atom. The van der Waals surface area contributed by atoms with Gasteiger partial charge in [-0.15, -0.1) is 0 Å². The van der Waals surface area contributed by atoms with Crippen LogP contribution in [0.25, 0.3) is 0 Å². The van der Waals surface area contributed by atoms with Crippen LogP contribution in [0.4, 0.5) is 0 Å². The van der Waals surface area contributed by atoms with Gasteiger partial charge < -0.3 is 15.3 Å². The van der Waals surface area contributed by atoms with E-state index in [1.165, 1.54) is 44.9 Å². The molecule has 0 aromatic rings. The van der Waals surface area contributed by atoms with E-state index in [4.69, 9.17) is 0 Å². The SMILES string of the molecule is OCCC1CCCCCCCCCC1(CCO)CCO. The normalized spacial score (nSPS) is 25.1. The molecule has 0 bridgehead atoms. The van der Waals surface area contributed by atoms with Crippen LogP contribution in [0.2, 0.25) is 0 Å². The second-order valence-corrected chi connectivity index (χ2v) is 6.53. The van der Waals surface area contributed by atoms with Gasteiger partial charge in [-0.2, -0.15) is 0 Å². The molecule has 1 unspecified atom stereocenters. The molecule has 0 aromatic carbocycles. The fourth-order valence-corrected chi connectivity index (χ4v) is 4.10. The number of hydrogen-bond acceptors (Lipinski definition) is 3. The summed E-state index contributed by atoms with van der Waals surface area (Å²) >= 11 is 0. The highest BCUT2D eigenvalue weighted by atomic mass is 16.3. The van der Waals surface area contributed by atoms with Crippen molar-refractivity contribution in [1.82, 2.24) is 0 Å². The average molecular weight is 286 g/mol. The Bertz CT molecular complexity index is 224. The first-order chi connectivity index (χ1) is 9.79. The number of rotatable bonds is 6. The van der Waals surface area contributed by atoms with Gasteiger partial charge in [-0.3, -0.25) is 0 Å². The molecule has 0 heterocycles. The van der Waals surface area contributed by atoms with Crippen LogP contribution in [0.1, 0.15) is 77.0 Å². The fraction of sp³-hybridized carbons (Fsp3) is 1.00. The van der Waals surface area contributed by atoms with Gasteiger partial charge in [-0.1, -0.05) is 44.9 Å². The molecule has 1 fully saturated rings. The van der Waals surface area contributed by atoms with Gasteiger partial charge in [0, 0.05) is 19.8 Å². The molecule has 1 aliphatic carbocycles. The predicted molar refractivity (Wildman–Crippen MR) is 82.6 cm³/mol. The van der Waals surface area contributed by atoms with Crippen LogP contribution in [0, 0.1) is 11.3 Å². The van der Waals surface area contributed by atoms with E-state index >= 15 is 0 Å². The zero-order valence-corrected chi connectivity index (χ0v) is 13.0. The van der Waals surface area contributed by atoms with Crippen LogP contribution >= 0.6 is 0 Å². The summed E-state index contributed by atoms with van der Waals surface area (Å²) in [5.41, 5.74) is 0.0383. The van der Waals surface area contributed by atoms with Crippen molar-refractivity contribution in [3.05, 3.63) is 0 Å². The van der Waals surface area contributed by atoms with Gasteiger partial charge in [0.05, 0.1) is 0 Å². The maximum Gasteiger partial charge on any atom is 0.0436 e. The summed E-state index contributed by atoms with van der Waals surface area (Å²) in [6, 6.07) is 0. The number of hydrogen-bond donors (Lipinski definition) is 3. The molecule has 0 spiro atoms. The van der Waals surface area contributed by atoms with E-state index in [1.807, 2.05) is 0 Å². The first-order valence-corrected chi connectivity index (χ1v) is 8.61. The van der Waals surface area contributed by atoms with E-state index in [0.29, 0.717) is 5.92 Å². The molecule has 1 atom stereocenters. The van der Waals surface area contributed by atoms with Crippen LogP contribution < -0.4 is 0 Å². The topological polar surface area (TPSA) is 60.7 Å². The van der Waals surface area contributed by atoms with E-state index in [1.54, 1.807) is 0 Å². The van der Waals surface area contributed by atoms with Crippen molar-refractivity contribution in [1.29, 1.82) is 0 Å². The van der Waals surface area contributed by atoms with Gasteiger partial charge in [-0.05, 0) is 43.4 Å². The maximum absolute atomic E-state index is 9.50. The Hall–Kier alpha value is -0.120. The summed E-state index contributed by atoms with van der Waals surface area (Å²) in [6.45, 7) is 0.618. The molecule has 0 amide bonds. The summed E-state index contributed by atoms with van der Waals surface area (Å²) in [5.74, 6) is 0.449. The lowest BCUT2D eigenvalue weighted by Crippen LogP contribution is -2.34. The highest BCUT2D eigenvalue weighted by Gasteiger charge is 2.36. The van der Waals surface area contributed by atoms with Crippen LogP contribution in [0.15, 0.2) is 0 Å². The minimum atomic E-state index is 0.0383. The molecule has 1 saturated carbocycles. The molecular weight excluding hydrogens is 252 g/mol. The van der Waals surface area contributed by atoms with Gasteiger partial charge in [0.2, 0.25) is 0 Å². The highest BCUT2D eigenvalue weighted by molar-refractivity contribution is 4.87. The second-order valence-electron chi connectivity index (χ2n) is 6.53. The van der Waals surface area contributed by atoms with Crippen LogP contribution in [0.3, 0.4) is 0 Å². The standard InChI is InChI=1S/C17H34O3/c18-13-9-16-8-6-4-2-1-3-5-7-10-17(16,11-14-19)12-15-20/h16,18-20H,1-15H2. The van der Waals surface area contributed by atoms with Gasteiger partial charge in [0.25, 0.3) is 0 Å². The van der Waals surface area contributed by atoms with Crippen molar-refractivity contribution in [3.8, 4) is 0 Å². The van der Waals surface area contributed by atoms with Gasteiger partial charge in [0.1, 0.15) is 0 Å². The molecule has 0 radical (unpaired) electrons. The Morgan fingerprint density at radius 1 is 0.700 bits per heavy atom. The minimum absolute atomic E-state index is 0.0383. The lowest BCUT2D eigenvalue weighted by atomic mass is 9.65. The fourth-order valence-electron chi connectivity index (χ4n) is 4.10. The van der Waals surface area contributed by atoms with Crippen molar-refractivity contribution >= 4 is 0 Å². The molecule has 0 aliphatic heterocycles. The lowest BCUT2D eigenvalue weighted by molar-refractivity contribution is 0.0389. The summed E-state index contributed by atoms with van der Waals surface area (Å²) in [5, 5.41) is 28.4. The Kier molecular flexibility index (Phi) is 9.49. The van der Waals surface area contributed by atoms with Crippen molar-refractivity contribution in [3.63, 3.8) is 0 Å². The van der Waals surface area contributed by atoms with E-state index in [0.717, 1.165) is 32.1 Å². The molecule has 1 aliphatic rings. The van der Waals surface area contributed by atoms with Crippen molar-refractivity contribution < 1.29 is 15.3 Å². The predicted octanol–water partition coefficient (Wildman–Crippen LogP) is 3.26. The highest BCUT2D eigenvalue weighted by Crippen LogP contribution is 2.45. The third-order valence-electron chi connectivity index (χ3n) is 5.29. The van der Waals surface area contributed by atoms with Crippen LogP contribution in [-0.4, -0.2) is 35.1 Å². The summed E-state index contributed by atoms with van der Waals surface area (Å²) in [6.07, 6.45) is 13.6. The monoisotopic (exact) mass is 286 g/mol. The summed E-state index contributed by atoms with van der Waals surface area (Å²) in [7, 11) is 0. The Morgan fingerprint density at radius 2 is 1.25 bits per heavy atom. The molecular formula is C17H34O3. The number of aliphatic hydroxyl groups is 3. The van der Waals surface area contributed by atoms with Crippen LogP contribution in [-0.2, 0) is 0 Å². The molecule has 0 saturated heterocycles. The smallest absolute Gasteiger partial charge is 0.0436 e. The van der Waals surface area contributed by atoms with Gasteiger partial charge in [-0.25, -0.2) is 0 Å². The van der Waals surface area contributed by atoms with Crippen molar-refractivity contribution in [2.24, 2.45) is 11.3 Å². The van der Waals surface area contributed by atoms with E-state index in [2.05, 4.69) is 0 Å². The van der Waals surface area contributed by atoms with Gasteiger partial charge in [0.15, 0.2) is 0 Å². The summed E-state index contributed by atoms with van der Waals surface area (Å²) in [4.78, 5) is 0. The maximum atomic E-state index is 9.50. The molecule has 3 heteroatoms. The Balaban J connectivity index is 2.82. The summed E-state index contributed by atoms with van der Waals surface area (Å²) < 4.78 is 0. The second kappa shape index (κ2) is 10.6. The molecule has 0 aromatic heterocycles. The first-order valence-electron chi connectivity index (χ1n) is 8.61. The minimum Gasteiger partial charge on any atom is -0.396 e. The quantitative estimate of drug-likeness (QED) is 0.702. The van der Waals surface area contributed by atoms with E-state index in [9.17, 15) is 15.3 Å². The third kappa shape index (κ3) is 5.71. The van der Waals surface area contributed by atoms with E-state index in [-0.39, 0.29) is 25.2 Å². The lowest BCUT2D eigenvalue weighted by Gasteiger charge is -2.41. The zero-order valence-electron chi connectivity index (χ0n) is 13.0. The van der Waals surface area contributed by atoms with Gasteiger partial charge >= 0.3 is 0 Å². The molecule has 120 valence electrons. The largest absolute Gasteiger partial charge is 0.396 e. The molecule has 20 heavy (non-hydrogen) atoms. The molecule has 3 nitrogen and oxygen atoms in total. The van der Waals surface area contributed by atoms with Crippen LogP contribution in [0.5, 0.6) is 0 Å². The first kappa shape index (κ1) is 17.9. The third-order valence-corrected chi connectivity index (χ3v) is 5.29. The number of aliphatic hydroxyl groups excluding tert-OH is 3. The molecule has 1 rings (SSSR count). The average Bonchev–Trinajstić information content (AvgIpc) is 2.47. The zero-order chi connectivity index (χ0) is 14.7.